The molecule has 3 heterocycles. The minimum atomic E-state index is -0.0930. The number of imidazole rings is 1. The molecule has 0 fully saturated rings. The Morgan fingerprint density at radius 2 is 2.19 bits per heavy atom. The molecule has 3 aromatic heterocycles. The summed E-state index contributed by atoms with van der Waals surface area (Å²) in [4.78, 5) is 20.0. The fourth-order valence-electron chi connectivity index (χ4n) is 1.96. The summed E-state index contributed by atoms with van der Waals surface area (Å²) in [6.07, 6.45) is 6.93. The van der Waals surface area contributed by atoms with E-state index in [0.717, 1.165) is 16.4 Å². The number of fused-ring (bicyclic) bond motifs is 1. The second kappa shape index (κ2) is 6.41. The van der Waals surface area contributed by atoms with Crippen LogP contribution >= 0.6 is 11.8 Å². The van der Waals surface area contributed by atoms with Crippen molar-refractivity contribution in [3.05, 3.63) is 60.7 Å². The Labute approximate surface area is 126 Å². The van der Waals surface area contributed by atoms with Crippen molar-refractivity contribution in [3.63, 3.8) is 0 Å². The Kier molecular flexibility index (Phi) is 4.16. The van der Waals surface area contributed by atoms with Crippen LogP contribution in [0.15, 0.2) is 60.1 Å². The van der Waals surface area contributed by atoms with E-state index in [0.29, 0.717) is 12.1 Å². The molecule has 0 unspecified atom stereocenters. The number of hydrogen-bond acceptors (Lipinski definition) is 4. The van der Waals surface area contributed by atoms with Gasteiger partial charge in [0, 0.05) is 37.1 Å². The molecule has 3 rings (SSSR count). The number of amides is 1. The van der Waals surface area contributed by atoms with Gasteiger partial charge < -0.3 is 5.32 Å². The Hall–Kier alpha value is -2.34. The molecule has 6 heteroatoms. The van der Waals surface area contributed by atoms with Gasteiger partial charge >= 0.3 is 0 Å². The van der Waals surface area contributed by atoms with E-state index in [1.54, 1.807) is 42.5 Å². The summed E-state index contributed by atoms with van der Waals surface area (Å²) in [5.74, 6) is 0.702. The van der Waals surface area contributed by atoms with Gasteiger partial charge in [0.1, 0.15) is 5.65 Å². The van der Waals surface area contributed by atoms with E-state index in [1.165, 1.54) is 0 Å². The normalized spacial score (nSPS) is 10.7. The van der Waals surface area contributed by atoms with Gasteiger partial charge in [0.05, 0.1) is 10.6 Å². The molecule has 0 aliphatic carbocycles. The average molecular weight is 298 g/mol. The Bertz CT molecular complexity index is 742. The smallest absolute Gasteiger partial charge is 0.252 e. The number of aromatic nitrogens is 3. The molecule has 0 bridgehead atoms. The molecule has 106 valence electrons. The first-order valence-corrected chi connectivity index (χ1v) is 7.56. The zero-order chi connectivity index (χ0) is 14.5. The number of hydrogen-bond donors (Lipinski definition) is 1. The number of nitrogens with zero attached hydrogens (tertiary/aromatic N) is 3. The lowest BCUT2D eigenvalue weighted by molar-refractivity contribution is 0.0956. The van der Waals surface area contributed by atoms with Crippen molar-refractivity contribution in [1.29, 1.82) is 0 Å². The highest BCUT2D eigenvalue weighted by Gasteiger charge is 2.05. The summed E-state index contributed by atoms with van der Waals surface area (Å²) in [5, 5.41) is 4.00. The molecule has 0 spiro atoms. The van der Waals surface area contributed by atoms with Gasteiger partial charge in [0.2, 0.25) is 0 Å². The van der Waals surface area contributed by atoms with E-state index in [2.05, 4.69) is 15.3 Å². The molecule has 0 atom stereocenters. The first-order valence-electron chi connectivity index (χ1n) is 6.58. The first-order chi connectivity index (χ1) is 10.3. The monoisotopic (exact) mass is 298 g/mol. The van der Waals surface area contributed by atoms with Crippen LogP contribution in [0.3, 0.4) is 0 Å². The van der Waals surface area contributed by atoms with Gasteiger partial charge in [-0.05, 0) is 24.3 Å². The number of pyridine rings is 2. The zero-order valence-electron chi connectivity index (χ0n) is 11.3. The molecule has 0 aliphatic heterocycles. The van der Waals surface area contributed by atoms with Crippen LogP contribution < -0.4 is 5.32 Å². The molecule has 0 saturated heterocycles. The fraction of sp³-hybridized carbons (Fsp3) is 0.133. The third kappa shape index (κ3) is 3.22. The number of rotatable bonds is 5. The maximum atomic E-state index is 11.9. The molecule has 0 radical (unpaired) electrons. The third-order valence-electron chi connectivity index (χ3n) is 2.95. The number of carbonyl (C=O) groups is 1. The second-order valence-corrected chi connectivity index (χ2v) is 5.48. The second-order valence-electron chi connectivity index (χ2n) is 4.37. The van der Waals surface area contributed by atoms with E-state index >= 15 is 0 Å². The predicted molar refractivity (Wildman–Crippen MR) is 82.5 cm³/mol. The van der Waals surface area contributed by atoms with Crippen LogP contribution in [0.1, 0.15) is 10.4 Å². The predicted octanol–water partition coefficient (Wildman–Crippen LogP) is 2.25. The summed E-state index contributed by atoms with van der Waals surface area (Å²) in [5.41, 5.74) is 1.51. The van der Waals surface area contributed by atoms with Gasteiger partial charge in [-0.2, -0.15) is 0 Å². The van der Waals surface area contributed by atoms with Crippen molar-refractivity contribution in [3.8, 4) is 0 Å². The highest BCUT2D eigenvalue weighted by molar-refractivity contribution is 7.99. The molecular formula is C15H14N4OS. The molecule has 3 aromatic rings. The molecule has 1 amide bonds. The van der Waals surface area contributed by atoms with Crippen molar-refractivity contribution in [2.75, 3.05) is 12.3 Å². The largest absolute Gasteiger partial charge is 0.351 e. The number of thioether (sulfide) groups is 1. The van der Waals surface area contributed by atoms with Crippen molar-refractivity contribution in [1.82, 2.24) is 19.7 Å². The molecule has 0 aliphatic rings. The van der Waals surface area contributed by atoms with Crippen LogP contribution in [-0.2, 0) is 0 Å². The van der Waals surface area contributed by atoms with Gasteiger partial charge in [-0.1, -0.05) is 6.07 Å². The van der Waals surface area contributed by atoms with Crippen LogP contribution in [0.5, 0.6) is 0 Å². The van der Waals surface area contributed by atoms with Crippen LogP contribution in [-0.4, -0.2) is 32.6 Å². The average Bonchev–Trinajstić information content (AvgIpc) is 3.01. The minimum Gasteiger partial charge on any atom is -0.351 e. The summed E-state index contributed by atoms with van der Waals surface area (Å²) >= 11 is 1.68. The van der Waals surface area contributed by atoms with Gasteiger partial charge in [0.15, 0.2) is 0 Å². The molecule has 1 N–H and O–H groups in total. The molecule has 5 nitrogen and oxygen atoms in total. The summed E-state index contributed by atoms with van der Waals surface area (Å²) < 4.78 is 2.04. The Morgan fingerprint density at radius 3 is 3.05 bits per heavy atom. The van der Waals surface area contributed by atoms with E-state index in [9.17, 15) is 4.79 Å². The summed E-state index contributed by atoms with van der Waals surface area (Å²) in [6.45, 7) is 0.601. The number of nitrogens with one attached hydrogen (secondary N) is 1. The van der Waals surface area contributed by atoms with E-state index in [1.807, 2.05) is 28.8 Å². The first kappa shape index (κ1) is 13.6. The maximum absolute atomic E-state index is 11.9. The van der Waals surface area contributed by atoms with E-state index < -0.39 is 0 Å². The lowest BCUT2D eigenvalue weighted by Crippen LogP contribution is -2.25. The fourth-order valence-corrected chi connectivity index (χ4v) is 2.84. The maximum Gasteiger partial charge on any atom is 0.252 e. The van der Waals surface area contributed by atoms with Crippen molar-refractivity contribution < 1.29 is 4.79 Å². The third-order valence-corrected chi connectivity index (χ3v) is 3.99. The molecule has 0 aromatic carbocycles. The number of carbonyl (C=O) groups excluding carboxylic acids is 1. The van der Waals surface area contributed by atoms with Crippen LogP contribution in [0, 0.1) is 0 Å². The van der Waals surface area contributed by atoms with Gasteiger partial charge in [0.25, 0.3) is 5.91 Å². The quantitative estimate of drug-likeness (QED) is 0.580. The van der Waals surface area contributed by atoms with Gasteiger partial charge in [-0.25, -0.2) is 4.98 Å². The molecular weight excluding hydrogens is 284 g/mol. The van der Waals surface area contributed by atoms with Gasteiger partial charge in [-0.15, -0.1) is 11.8 Å². The zero-order valence-corrected chi connectivity index (χ0v) is 12.1. The summed E-state index contributed by atoms with van der Waals surface area (Å²) in [7, 11) is 0. The Balaban J connectivity index is 1.53. The van der Waals surface area contributed by atoms with Crippen LogP contribution in [0.2, 0.25) is 0 Å². The van der Waals surface area contributed by atoms with Crippen LogP contribution in [0.25, 0.3) is 5.65 Å². The van der Waals surface area contributed by atoms with Crippen molar-refractivity contribution in [2.24, 2.45) is 0 Å². The van der Waals surface area contributed by atoms with Crippen LogP contribution in [0.4, 0.5) is 0 Å². The highest BCUT2D eigenvalue weighted by Crippen LogP contribution is 2.18. The topological polar surface area (TPSA) is 59.3 Å². The summed E-state index contributed by atoms with van der Waals surface area (Å²) in [6, 6.07) is 9.50. The lowest BCUT2D eigenvalue weighted by Gasteiger charge is -2.06. The van der Waals surface area contributed by atoms with Crippen molar-refractivity contribution >= 4 is 23.3 Å². The minimum absolute atomic E-state index is 0.0930. The van der Waals surface area contributed by atoms with E-state index in [-0.39, 0.29) is 5.91 Å². The highest BCUT2D eigenvalue weighted by atomic mass is 32.2. The SMILES string of the molecule is O=C(NCCSc1cccc2nccn12)c1cccnc1. The van der Waals surface area contributed by atoms with Crippen molar-refractivity contribution in [2.45, 2.75) is 5.03 Å². The standard InChI is InChI=1S/C15H14N4OS/c20-15(12-3-2-6-16-11-12)18-8-10-21-14-5-1-4-13-17-7-9-19(13)14/h1-7,9,11H,8,10H2,(H,18,20). The molecule has 0 saturated carbocycles. The Morgan fingerprint density at radius 1 is 1.24 bits per heavy atom. The lowest BCUT2D eigenvalue weighted by atomic mass is 10.3. The van der Waals surface area contributed by atoms with Gasteiger partial charge in [-0.3, -0.25) is 14.2 Å². The van der Waals surface area contributed by atoms with E-state index in [4.69, 9.17) is 0 Å². The molecule has 21 heavy (non-hydrogen) atoms.